The monoisotopic (exact) mass is 168 g/mol. The van der Waals surface area contributed by atoms with Crippen molar-refractivity contribution in [2.24, 2.45) is 17.3 Å². The maximum atomic E-state index is 9.64. The molecule has 3 unspecified atom stereocenters. The fourth-order valence-corrected chi connectivity index (χ4v) is 3.55. The van der Waals surface area contributed by atoms with Gasteiger partial charge in [0, 0.05) is 0 Å². The number of fused-ring (bicyclic) bond motifs is 1. The smallest absolute Gasteiger partial charge is 0.0574 e. The summed E-state index contributed by atoms with van der Waals surface area (Å²) >= 11 is 0. The van der Waals surface area contributed by atoms with Gasteiger partial charge in [0.1, 0.15) is 0 Å². The molecule has 2 rings (SSSR count). The lowest BCUT2D eigenvalue weighted by Gasteiger charge is -2.22. The molecule has 1 N–H and O–H groups in total. The van der Waals surface area contributed by atoms with Crippen LogP contribution in [0.5, 0.6) is 0 Å². The number of aliphatic hydroxyl groups is 1. The van der Waals surface area contributed by atoms with Crippen molar-refractivity contribution in [2.45, 2.75) is 52.1 Å². The molecule has 2 fully saturated rings. The van der Waals surface area contributed by atoms with Gasteiger partial charge in [0.25, 0.3) is 0 Å². The molecule has 1 heteroatoms. The highest BCUT2D eigenvalue weighted by Crippen LogP contribution is 2.68. The summed E-state index contributed by atoms with van der Waals surface area (Å²) in [5.41, 5.74) is 0.600. The van der Waals surface area contributed by atoms with E-state index < -0.39 is 0 Å². The molecule has 2 saturated carbocycles. The quantitative estimate of drug-likeness (QED) is 0.686. The lowest BCUT2D eigenvalue weighted by molar-refractivity contribution is 0.155. The molecule has 0 amide bonds. The molecule has 1 nitrogen and oxygen atoms in total. The summed E-state index contributed by atoms with van der Waals surface area (Å²) in [6, 6.07) is 0. The Balaban J connectivity index is 2.05. The first-order valence-corrected chi connectivity index (χ1v) is 5.42. The summed E-state index contributed by atoms with van der Waals surface area (Å²) in [7, 11) is 0. The molecule has 0 radical (unpaired) electrons. The molecule has 0 aromatic rings. The normalized spacial score (nSPS) is 45.0. The fraction of sp³-hybridized carbons (Fsp3) is 1.00. The second-order valence-electron chi connectivity index (χ2n) is 4.66. The third-order valence-corrected chi connectivity index (χ3v) is 4.35. The lowest BCUT2D eigenvalue weighted by Crippen LogP contribution is -2.14. The predicted molar refractivity (Wildman–Crippen MR) is 49.9 cm³/mol. The Kier molecular flexibility index (Phi) is 1.95. The van der Waals surface area contributed by atoms with Crippen LogP contribution in [0.2, 0.25) is 0 Å². The molecule has 0 aromatic heterocycles. The lowest BCUT2D eigenvalue weighted by atomic mass is 9.83. The zero-order chi connectivity index (χ0) is 8.77. The van der Waals surface area contributed by atoms with Crippen molar-refractivity contribution in [1.29, 1.82) is 0 Å². The molecular weight excluding hydrogens is 148 g/mol. The maximum absolute atomic E-state index is 9.64. The van der Waals surface area contributed by atoms with Gasteiger partial charge in [-0.3, -0.25) is 0 Å². The summed E-state index contributed by atoms with van der Waals surface area (Å²) < 4.78 is 0. The molecule has 0 spiro atoms. The SMILES string of the molecule is CCC(CC)C12CCC(O)C1C2. The minimum atomic E-state index is 0.0469. The van der Waals surface area contributed by atoms with Crippen LogP contribution in [0.15, 0.2) is 0 Å². The highest BCUT2D eigenvalue weighted by atomic mass is 16.3. The van der Waals surface area contributed by atoms with Crippen molar-refractivity contribution in [3.63, 3.8) is 0 Å². The van der Waals surface area contributed by atoms with E-state index in [1.165, 1.54) is 25.7 Å². The van der Waals surface area contributed by atoms with Crippen molar-refractivity contribution in [1.82, 2.24) is 0 Å². The number of rotatable bonds is 3. The van der Waals surface area contributed by atoms with E-state index in [1.54, 1.807) is 0 Å². The van der Waals surface area contributed by atoms with Crippen molar-refractivity contribution in [2.75, 3.05) is 0 Å². The third kappa shape index (κ3) is 0.953. The van der Waals surface area contributed by atoms with Crippen LogP contribution in [0.3, 0.4) is 0 Å². The zero-order valence-corrected chi connectivity index (χ0v) is 8.21. The van der Waals surface area contributed by atoms with Gasteiger partial charge in [0.05, 0.1) is 6.10 Å². The van der Waals surface area contributed by atoms with Gasteiger partial charge in [0.2, 0.25) is 0 Å². The fourth-order valence-electron chi connectivity index (χ4n) is 3.55. The van der Waals surface area contributed by atoms with Crippen molar-refractivity contribution in [3.8, 4) is 0 Å². The van der Waals surface area contributed by atoms with Crippen molar-refractivity contribution < 1.29 is 5.11 Å². The molecular formula is C11H20O. The first-order chi connectivity index (χ1) is 5.74. The summed E-state index contributed by atoms with van der Waals surface area (Å²) in [5, 5.41) is 9.64. The zero-order valence-electron chi connectivity index (χ0n) is 8.21. The van der Waals surface area contributed by atoms with Crippen molar-refractivity contribution >= 4 is 0 Å². The van der Waals surface area contributed by atoms with Crippen molar-refractivity contribution in [3.05, 3.63) is 0 Å². The van der Waals surface area contributed by atoms with E-state index in [-0.39, 0.29) is 6.10 Å². The van der Waals surface area contributed by atoms with E-state index in [0.29, 0.717) is 11.3 Å². The minimum Gasteiger partial charge on any atom is -0.393 e. The first-order valence-electron chi connectivity index (χ1n) is 5.42. The van der Waals surface area contributed by atoms with Crippen LogP contribution >= 0.6 is 0 Å². The van der Waals surface area contributed by atoms with Crippen LogP contribution in [0.1, 0.15) is 46.0 Å². The topological polar surface area (TPSA) is 20.2 Å². The Morgan fingerprint density at radius 3 is 2.42 bits per heavy atom. The summed E-state index contributed by atoms with van der Waals surface area (Å²) in [4.78, 5) is 0. The second kappa shape index (κ2) is 2.73. The molecule has 12 heavy (non-hydrogen) atoms. The van der Waals surface area contributed by atoms with Gasteiger partial charge >= 0.3 is 0 Å². The number of aliphatic hydroxyl groups excluding tert-OH is 1. The van der Waals surface area contributed by atoms with E-state index in [9.17, 15) is 5.11 Å². The Bertz CT molecular complexity index is 174. The molecule has 70 valence electrons. The van der Waals surface area contributed by atoms with E-state index >= 15 is 0 Å². The van der Waals surface area contributed by atoms with Gasteiger partial charge in [-0.05, 0) is 36.5 Å². The average Bonchev–Trinajstić information content (AvgIpc) is 2.72. The van der Waals surface area contributed by atoms with Gasteiger partial charge in [-0.15, -0.1) is 0 Å². The van der Waals surface area contributed by atoms with E-state index in [2.05, 4.69) is 13.8 Å². The molecule has 0 aromatic carbocycles. The standard InChI is InChI=1S/C11H20O/c1-3-8(4-2)11-6-5-10(12)9(11)7-11/h8-10,12H,3-7H2,1-2H3. The van der Waals surface area contributed by atoms with Crippen LogP contribution in [0, 0.1) is 17.3 Å². The van der Waals surface area contributed by atoms with E-state index in [4.69, 9.17) is 0 Å². The molecule has 2 aliphatic rings. The Morgan fingerprint density at radius 1 is 1.42 bits per heavy atom. The molecule has 0 bridgehead atoms. The Morgan fingerprint density at radius 2 is 2.08 bits per heavy atom. The summed E-state index contributed by atoms with van der Waals surface area (Å²) in [6.07, 6.45) is 6.34. The Hall–Kier alpha value is -0.0400. The van der Waals surface area contributed by atoms with Gasteiger partial charge < -0.3 is 5.11 Å². The van der Waals surface area contributed by atoms with Crippen LogP contribution in [0.25, 0.3) is 0 Å². The molecule has 0 saturated heterocycles. The highest BCUT2D eigenvalue weighted by molar-refractivity contribution is 5.12. The summed E-state index contributed by atoms with van der Waals surface area (Å²) in [5.74, 6) is 1.57. The largest absolute Gasteiger partial charge is 0.393 e. The summed E-state index contributed by atoms with van der Waals surface area (Å²) in [6.45, 7) is 4.59. The highest BCUT2D eigenvalue weighted by Gasteiger charge is 2.63. The number of hydrogen-bond donors (Lipinski definition) is 1. The average molecular weight is 168 g/mol. The van der Waals surface area contributed by atoms with Crippen LogP contribution in [-0.4, -0.2) is 11.2 Å². The second-order valence-corrected chi connectivity index (χ2v) is 4.66. The van der Waals surface area contributed by atoms with Gasteiger partial charge in [-0.1, -0.05) is 26.7 Å². The van der Waals surface area contributed by atoms with Gasteiger partial charge in [0.15, 0.2) is 0 Å². The first kappa shape index (κ1) is 8.55. The molecule has 0 aliphatic heterocycles. The van der Waals surface area contributed by atoms with Crippen LogP contribution in [-0.2, 0) is 0 Å². The number of hydrogen-bond acceptors (Lipinski definition) is 1. The molecule has 0 heterocycles. The van der Waals surface area contributed by atoms with Gasteiger partial charge in [-0.25, -0.2) is 0 Å². The Labute approximate surface area is 75.2 Å². The maximum Gasteiger partial charge on any atom is 0.0574 e. The third-order valence-electron chi connectivity index (χ3n) is 4.35. The van der Waals surface area contributed by atoms with Gasteiger partial charge in [-0.2, -0.15) is 0 Å². The van der Waals surface area contributed by atoms with E-state index in [0.717, 1.165) is 12.3 Å². The van der Waals surface area contributed by atoms with E-state index in [1.807, 2.05) is 0 Å². The predicted octanol–water partition coefficient (Wildman–Crippen LogP) is 2.58. The molecule has 2 aliphatic carbocycles. The molecule has 3 atom stereocenters. The van der Waals surface area contributed by atoms with Crippen LogP contribution in [0.4, 0.5) is 0 Å². The van der Waals surface area contributed by atoms with Crippen LogP contribution < -0.4 is 0 Å². The minimum absolute atomic E-state index is 0.0469.